The normalized spacial score (nSPS) is 34.2. The van der Waals surface area contributed by atoms with Crippen LogP contribution in [0.5, 0.6) is 5.75 Å². The van der Waals surface area contributed by atoms with Gasteiger partial charge in [0.15, 0.2) is 0 Å². The van der Waals surface area contributed by atoms with Gasteiger partial charge in [-0.15, -0.1) is 0 Å². The number of amides is 1. The third kappa shape index (κ3) is 1.69. The zero-order valence-corrected chi connectivity index (χ0v) is 12.9. The molecule has 1 aromatic rings. The first-order valence-corrected chi connectivity index (χ1v) is 8.13. The topological polar surface area (TPSA) is 29.5 Å². The minimum Gasteiger partial charge on any atom is -0.497 e. The molecule has 0 unspecified atom stereocenters. The largest absolute Gasteiger partial charge is 0.497 e. The van der Waals surface area contributed by atoms with Gasteiger partial charge in [0.25, 0.3) is 0 Å². The Kier molecular flexibility index (Phi) is 2.82. The van der Waals surface area contributed by atoms with E-state index in [2.05, 4.69) is 30.0 Å². The van der Waals surface area contributed by atoms with Crippen molar-refractivity contribution in [1.29, 1.82) is 0 Å². The summed E-state index contributed by atoms with van der Waals surface area (Å²) in [5.41, 5.74) is 2.78. The number of hydrogen-bond acceptors (Lipinski definition) is 2. The third-order valence-corrected chi connectivity index (χ3v) is 5.83. The van der Waals surface area contributed by atoms with Crippen molar-refractivity contribution < 1.29 is 9.53 Å². The molecule has 4 rings (SSSR count). The standard InChI is InChI=1S/C18H23NO2/c1-12-8-14-10-17(20)19-7-3-4-13-9-15(21-2)5-6-16(13)18(14,19)11-12/h5-6,9,12,14H,3-4,7-8,10-11H2,1-2H3/t12-,14-,18-/m1/s1. The van der Waals surface area contributed by atoms with E-state index in [0.717, 1.165) is 38.0 Å². The van der Waals surface area contributed by atoms with Crippen molar-refractivity contribution in [3.05, 3.63) is 29.3 Å². The van der Waals surface area contributed by atoms with Gasteiger partial charge in [0.1, 0.15) is 5.75 Å². The lowest BCUT2D eigenvalue weighted by molar-refractivity contribution is -0.131. The number of fused-ring (bicyclic) bond motifs is 1. The molecule has 1 aliphatic carbocycles. The van der Waals surface area contributed by atoms with Gasteiger partial charge in [0, 0.05) is 13.0 Å². The zero-order valence-electron chi connectivity index (χ0n) is 12.9. The summed E-state index contributed by atoms with van der Waals surface area (Å²) in [4.78, 5) is 14.7. The van der Waals surface area contributed by atoms with Crippen LogP contribution in [0, 0.1) is 11.8 Å². The number of rotatable bonds is 1. The van der Waals surface area contributed by atoms with Gasteiger partial charge in [-0.25, -0.2) is 0 Å². The number of carbonyl (C=O) groups is 1. The molecule has 2 fully saturated rings. The number of aryl methyl sites for hydroxylation is 1. The second-order valence-electron chi connectivity index (χ2n) is 7.04. The number of benzene rings is 1. The first kappa shape index (κ1) is 13.2. The number of carbonyl (C=O) groups excluding carboxylic acids is 1. The summed E-state index contributed by atoms with van der Waals surface area (Å²) in [5.74, 6) is 2.52. The van der Waals surface area contributed by atoms with Crippen LogP contribution in [0.1, 0.15) is 43.7 Å². The van der Waals surface area contributed by atoms with E-state index in [1.165, 1.54) is 17.5 Å². The first-order valence-electron chi connectivity index (χ1n) is 8.13. The van der Waals surface area contributed by atoms with Crippen LogP contribution in [0.4, 0.5) is 0 Å². The van der Waals surface area contributed by atoms with E-state index >= 15 is 0 Å². The molecule has 0 bridgehead atoms. The van der Waals surface area contributed by atoms with Gasteiger partial charge in [-0.2, -0.15) is 0 Å². The van der Waals surface area contributed by atoms with Crippen LogP contribution in [0.2, 0.25) is 0 Å². The maximum Gasteiger partial charge on any atom is 0.223 e. The highest BCUT2D eigenvalue weighted by Crippen LogP contribution is 2.57. The van der Waals surface area contributed by atoms with Crippen molar-refractivity contribution in [2.45, 2.75) is 44.6 Å². The quantitative estimate of drug-likeness (QED) is 0.793. The van der Waals surface area contributed by atoms with Crippen LogP contribution in [0.25, 0.3) is 0 Å². The summed E-state index contributed by atoms with van der Waals surface area (Å²) < 4.78 is 5.40. The van der Waals surface area contributed by atoms with Gasteiger partial charge >= 0.3 is 0 Å². The Morgan fingerprint density at radius 1 is 1.38 bits per heavy atom. The van der Waals surface area contributed by atoms with Crippen molar-refractivity contribution in [3.63, 3.8) is 0 Å². The van der Waals surface area contributed by atoms with Crippen molar-refractivity contribution in [3.8, 4) is 5.75 Å². The van der Waals surface area contributed by atoms with Crippen LogP contribution >= 0.6 is 0 Å². The fourth-order valence-electron chi connectivity index (χ4n) is 5.14. The SMILES string of the molecule is COc1ccc2c(c1)CCCN1C(=O)C[C@H]3C[C@@H](C)C[C@]231. The van der Waals surface area contributed by atoms with Crippen LogP contribution in [0.15, 0.2) is 18.2 Å². The van der Waals surface area contributed by atoms with Crippen LogP contribution < -0.4 is 4.74 Å². The number of nitrogens with zero attached hydrogens (tertiary/aromatic N) is 1. The Bertz CT molecular complexity index is 597. The van der Waals surface area contributed by atoms with E-state index in [1.54, 1.807) is 7.11 Å². The Labute approximate surface area is 126 Å². The van der Waals surface area contributed by atoms with Crippen LogP contribution in [-0.2, 0) is 16.8 Å². The van der Waals surface area contributed by atoms with E-state index in [9.17, 15) is 4.79 Å². The summed E-state index contributed by atoms with van der Waals surface area (Å²) in [6, 6.07) is 6.49. The lowest BCUT2D eigenvalue weighted by Gasteiger charge is -2.39. The summed E-state index contributed by atoms with van der Waals surface area (Å²) in [6.07, 6.45) is 5.18. The van der Waals surface area contributed by atoms with Crippen LogP contribution in [-0.4, -0.2) is 24.5 Å². The molecule has 1 amide bonds. The van der Waals surface area contributed by atoms with E-state index in [-0.39, 0.29) is 5.54 Å². The highest BCUT2D eigenvalue weighted by Gasteiger charge is 2.58. The summed E-state index contributed by atoms with van der Waals surface area (Å²) in [7, 11) is 1.72. The molecule has 2 aliphatic heterocycles. The molecule has 1 saturated heterocycles. The van der Waals surface area contributed by atoms with E-state index in [4.69, 9.17) is 4.74 Å². The third-order valence-electron chi connectivity index (χ3n) is 5.83. The van der Waals surface area contributed by atoms with Gasteiger partial charge in [0.2, 0.25) is 5.91 Å². The predicted molar refractivity (Wildman–Crippen MR) is 81.2 cm³/mol. The van der Waals surface area contributed by atoms with Crippen molar-refractivity contribution in [1.82, 2.24) is 4.90 Å². The van der Waals surface area contributed by atoms with Gasteiger partial charge in [-0.3, -0.25) is 4.79 Å². The van der Waals surface area contributed by atoms with Crippen LogP contribution in [0.3, 0.4) is 0 Å². The molecule has 3 heteroatoms. The first-order chi connectivity index (χ1) is 10.1. The van der Waals surface area contributed by atoms with Crippen molar-refractivity contribution in [2.75, 3.05) is 13.7 Å². The summed E-state index contributed by atoms with van der Waals surface area (Å²) in [6.45, 7) is 3.25. The lowest BCUT2D eigenvalue weighted by atomic mass is 9.79. The fourth-order valence-corrected chi connectivity index (χ4v) is 5.14. The maximum absolute atomic E-state index is 12.5. The maximum atomic E-state index is 12.5. The van der Waals surface area contributed by atoms with Gasteiger partial charge < -0.3 is 9.64 Å². The van der Waals surface area contributed by atoms with Gasteiger partial charge in [-0.05, 0) is 60.8 Å². The van der Waals surface area contributed by atoms with E-state index in [0.29, 0.717) is 17.7 Å². The average Bonchev–Trinajstić information content (AvgIpc) is 2.84. The molecule has 1 saturated carbocycles. The van der Waals surface area contributed by atoms with E-state index < -0.39 is 0 Å². The highest BCUT2D eigenvalue weighted by molar-refractivity contribution is 5.81. The molecule has 0 N–H and O–H groups in total. The smallest absolute Gasteiger partial charge is 0.223 e. The number of hydrogen-bond donors (Lipinski definition) is 0. The predicted octanol–water partition coefficient (Wildman–Crippen LogP) is 3.12. The molecular weight excluding hydrogens is 262 g/mol. The monoisotopic (exact) mass is 285 g/mol. The molecule has 21 heavy (non-hydrogen) atoms. The molecule has 1 aromatic carbocycles. The van der Waals surface area contributed by atoms with Gasteiger partial charge in [0.05, 0.1) is 12.6 Å². The molecule has 3 atom stereocenters. The van der Waals surface area contributed by atoms with E-state index in [1.807, 2.05) is 0 Å². The molecule has 112 valence electrons. The molecule has 3 aliphatic rings. The van der Waals surface area contributed by atoms with Crippen molar-refractivity contribution >= 4 is 5.91 Å². The zero-order chi connectivity index (χ0) is 14.6. The molecule has 2 heterocycles. The molecular formula is C18H23NO2. The Balaban J connectivity index is 1.90. The molecule has 0 aromatic heterocycles. The Hall–Kier alpha value is -1.51. The molecule has 1 spiro atoms. The number of ether oxygens (including phenoxy) is 1. The number of methoxy groups -OCH3 is 1. The summed E-state index contributed by atoms with van der Waals surface area (Å²) >= 11 is 0. The molecule has 0 radical (unpaired) electrons. The Morgan fingerprint density at radius 2 is 2.24 bits per heavy atom. The minimum atomic E-state index is -0.0192. The highest BCUT2D eigenvalue weighted by atomic mass is 16.5. The van der Waals surface area contributed by atoms with Gasteiger partial charge in [-0.1, -0.05) is 13.0 Å². The second-order valence-corrected chi connectivity index (χ2v) is 7.04. The fraction of sp³-hybridized carbons (Fsp3) is 0.611. The second kappa shape index (κ2) is 4.49. The van der Waals surface area contributed by atoms with Crippen molar-refractivity contribution in [2.24, 2.45) is 11.8 Å². The summed E-state index contributed by atoms with van der Waals surface area (Å²) in [5, 5.41) is 0. The Morgan fingerprint density at radius 3 is 3.05 bits per heavy atom. The minimum absolute atomic E-state index is 0.0192. The lowest BCUT2D eigenvalue weighted by Crippen LogP contribution is -2.44. The average molecular weight is 285 g/mol. The molecule has 3 nitrogen and oxygen atoms in total.